The Kier molecular flexibility index (Phi) is 4.92. The van der Waals surface area contributed by atoms with Gasteiger partial charge in [-0.1, -0.05) is 11.6 Å². The third kappa shape index (κ3) is 4.50. The Balaban J connectivity index is 2.76. The average Bonchev–Trinajstić information content (AvgIpc) is 2.22. The minimum Gasteiger partial charge on any atom is -0.465 e. The van der Waals surface area contributed by atoms with Crippen LogP contribution in [-0.2, 0) is 19.6 Å². The van der Waals surface area contributed by atoms with Crippen molar-refractivity contribution in [2.45, 2.75) is 13.8 Å². The summed E-state index contributed by atoms with van der Waals surface area (Å²) in [6, 6.07) is 1.53. The topological polar surface area (TPSA) is 85.4 Å². The first-order valence-corrected chi connectivity index (χ1v) is 7.15. The zero-order chi connectivity index (χ0) is 13.8. The van der Waals surface area contributed by atoms with Crippen LogP contribution in [0.25, 0.3) is 0 Å². The van der Waals surface area contributed by atoms with E-state index >= 15 is 0 Å². The maximum absolute atomic E-state index is 11.6. The number of aromatic nitrogens is 1. The van der Waals surface area contributed by atoms with Gasteiger partial charge in [-0.05, 0) is 25.5 Å². The fourth-order valence-corrected chi connectivity index (χ4v) is 2.23. The van der Waals surface area contributed by atoms with E-state index in [1.165, 1.54) is 12.3 Å². The predicted octanol–water partition coefficient (Wildman–Crippen LogP) is 1.35. The summed E-state index contributed by atoms with van der Waals surface area (Å²) in [5, 5.41) is 0.295. The van der Waals surface area contributed by atoms with Gasteiger partial charge in [0.1, 0.15) is 5.15 Å². The second-order valence-electron chi connectivity index (χ2n) is 3.50. The van der Waals surface area contributed by atoms with Gasteiger partial charge < -0.3 is 4.74 Å². The Bertz CT molecular complexity index is 545. The van der Waals surface area contributed by atoms with Crippen LogP contribution < -0.4 is 4.72 Å². The second kappa shape index (κ2) is 6.01. The van der Waals surface area contributed by atoms with Gasteiger partial charge in [0.2, 0.25) is 10.0 Å². The third-order valence-corrected chi connectivity index (χ3v) is 3.46. The Morgan fingerprint density at radius 3 is 2.78 bits per heavy atom. The summed E-state index contributed by atoms with van der Waals surface area (Å²) in [6.45, 7) is 3.43. The van der Waals surface area contributed by atoms with E-state index in [-0.39, 0.29) is 12.3 Å². The smallest absolute Gasteiger partial charge is 0.323 e. The lowest BCUT2D eigenvalue weighted by Crippen LogP contribution is -2.24. The van der Waals surface area contributed by atoms with Gasteiger partial charge in [-0.3, -0.25) is 9.52 Å². The SMILES string of the molecule is CCOC(=O)CS(=O)(=O)Nc1cnc(Cl)c(C)c1. The van der Waals surface area contributed by atoms with Crippen LogP contribution in [0.2, 0.25) is 5.15 Å². The van der Waals surface area contributed by atoms with Crippen molar-refractivity contribution in [2.75, 3.05) is 17.1 Å². The molecule has 8 heteroatoms. The molecule has 100 valence electrons. The third-order valence-electron chi connectivity index (χ3n) is 1.90. The van der Waals surface area contributed by atoms with Crippen molar-refractivity contribution in [3.05, 3.63) is 23.0 Å². The van der Waals surface area contributed by atoms with Crippen molar-refractivity contribution >= 4 is 33.3 Å². The summed E-state index contributed by atoms with van der Waals surface area (Å²) in [7, 11) is -3.79. The van der Waals surface area contributed by atoms with Crippen LogP contribution in [0.15, 0.2) is 12.3 Å². The fraction of sp³-hybridized carbons (Fsp3) is 0.400. The van der Waals surface area contributed by atoms with Gasteiger partial charge in [0.25, 0.3) is 0 Å². The van der Waals surface area contributed by atoms with Crippen molar-refractivity contribution in [1.29, 1.82) is 0 Å². The minimum absolute atomic E-state index is 0.135. The number of pyridine rings is 1. The summed E-state index contributed by atoms with van der Waals surface area (Å²) < 4.78 is 30.0. The summed E-state index contributed by atoms with van der Waals surface area (Å²) >= 11 is 5.72. The number of carbonyl (C=O) groups excluding carboxylic acids is 1. The minimum atomic E-state index is -3.79. The zero-order valence-electron chi connectivity index (χ0n) is 9.94. The summed E-state index contributed by atoms with van der Waals surface area (Å²) in [4.78, 5) is 14.9. The van der Waals surface area contributed by atoms with Gasteiger partial charge >= 0.3 is 5.97 Å². The number of carbonyl (C=O) groups is 1. The molecule has 1 N–H and O–H groups in total. The van der Waals surface area contributed by atoms with Crippen molar-refractivity contribution in [2.24, 2.45) is 0 Å². The van der Waals surface area contributed by atoms with Crippen LogP contribution in [-0.4, -0.2) is 31.7 Å². The normalized spacial score (nSPS) is 11.1. The zero-order valence-corrected chi connectivity index (χ0v) is 11.5. The molecule has 1 heterocycles. The summed E-state index contributed by atoms with van der Waals surface area (Å²) in [5.74, 6) is -1.54. The molecule has 0 aromatic carbocycles. The molecule has 1 aromatic rings. The maximum Gasteiger partial charge on any atom is 0.323 e. The van der Waals surface area contributed by atoms with E-state index in [0.717, 1.165) is 0 Å². The molecule has 18 heavy (non-hydrogen) atoms. The average molecular weight is 293 g/mol. The number of esters is 1. The van der Waals surface area contributed by atoms with E-state index in [4.69, 9.17) is 11.6 Å². The number of aryl methyl sites for hydroxylation is 1. The van der Waals surface area contributed by atoms with E-state index in [9.17, 15) is 13.2 Å². The molecular weight excluding hydrogens is 280 g/mol. The number of anilines is 1. The number of halogens is 1. The first kappa shape index (κ1) is 14.7. The number of sulfonamides is 1. The molecule has 0 radical (unpaired) electrons. The van der Waals surface area contributed by atoms with Gasteiger partial charge in [-0.2, -0.15) is 0 Å². The molecule has 1 rings (SSSR count). The molecular formula is C10H13ClN2O4S. The molecule has 0 saturated heterocycles. The van der Waals surface area contributed by atoms with Crippen LogP contribution in [0.4, 0.5) is 5.69 Å². The van der Waals surface area contributed by atoms with E-state index in [1.807, 2.05) is 0 Å². The number of rotatable bonds is 5. The van der Waals surface area contributed by atoms with E-state index in [2.05, 4.69) is 14.4 Å². The van der Waals surface area contributed by atoms with Crippen molar-refractivity contribution < 1.29 is 17.9 Å². The first-order valence-electron chi connectivity index (χ1n) is 5.12. The van der Waals surface area contributed by atoms with Gasteiger partial charge in [-0.15, -0.1) is 0 Å². The largest absolute Gasteiger partial charge is 0.465 e. The standard InChI is InChI=1S/C10H13ClN2O4S/c1-3-17-9(14)6-18(15,16)13-8-4-7(2)10(11)12-5-8/h4-5,13H,3,6H2,1-2H3. The van der Waals surface area contributed by atoms with Crippen LogP contribution in [0.5, 0.6) is 0 Å². The summed E-state index contributed by atoms with van der Waals surface area (Å²) in [6.07, 6.45) is 1.28. The monoisotopic (exact) mass is 292 g/mol. The predicted molar refractivity (Wildman–Crippen MR) is 68.0 cm³/mol. The number of hydrogen-bond donors (Lipinski definition) is 1. The number of ether oxygens (including phenoxy) is 1. The Morgan fingerprint density at radius 1 is 1.56 bits per heavy atom. The highest BCUT2D eigenvalue weighted by Crippen LogP contribution is 2.17. The van der Waals surface area contributed by atoms with Gasteiger partial charge in [0.15, 0.2) is 5.75 Å². The molecule has 0 atom stereocenters. The van der Waals surface area contributed by atoms with Crippen molar-refractivity contribution in [3.63, 3.8) is 0 Å². The number of hydrogen-bond acceptors (Lipinski definition) is 5. The molecule has 0 aliphatic carbocycles. The van der Waals surface area contributed by atoms with Crippen molar-refractivity contribution in [3.8, 4) is 0 Å². The van der Waals surface area contributed by atoms with E-state index < -0.39 is 21.7 Å². The van der Waals surface area contributed by atoms with Crippen LogP contribution >= 0.6 is 11.6 Å². The highest BCUT2D eigenvalue weighted by molar-refractivity contribution is 7.93. The molecule has 0 unspecified atom stereocenters. The number of nitrogens with zero attached hydrogens (tertiary/aromatic N) is 1. The van der Waals surface area contributed by atoms with E-state index in [0.29, 0.717) is 10.7 Å². The highest BCUT2D eigenvalue weighted by Gasteiger charge is 2.17. The maximum atomic E-state index is 11.6. The van der Waals surface area contributed by atoms with Crippen LogP contribution in [0.3, 0.4) is 0 Å². The van der Waals surface area contributed by atoms with Crippen LogP contribution in [0, 0.1) is 6.92 Å². The lowest BCUT2D eigenvalue weighted by Gasteiger charge is -2.08. The molecule has 0 fully saturated rings. The number of nitrogens with one attached hydrogen (secondary N) is 1. The molecule has 0 amide bonds. The lowest BCUT2D eigenvalue weighted by atomic mass is 10.3. The first-order chi connectivity index (χ1) is 8.34. The van der Waals surface area contributed by atoms with Gasteiger partial charge in [0.05, 0.1) is 18.5 Å². The van der Waals surface area contributed by atoms with Crippen LogP contribution in [0.1, 0.15) is 12.5 Å². The molecule has 0 spiro atoms. The second-order valence-corrected chi connectivity index (χ2v) is 5.58. The van der Waals surface area contributed by atoms with Gasteiger partial charge in [-0.25, -0.2) is 13.4 Å². The molecule has 1 aromatic heterocycles. The summed E-state index contributed by atoms with van der Waals surface area (Å²) in [5.41, 5.74) is 0.884. The Morgan fingerprint density at radius 2 is 2.22 bits per heavy atom. The van der Waals surface area contributed by atoms with Gasteiger partial charge in [0, 0.05) is 0 Å². The fourth-order valence-electron chi connectivity index (χ4n) is 1.19. The molecule has 0 aliphatic rings. The molecule has 0 saturated carbocycles. The lowest BCUT2D eigenvalue weighted by molar-refractivity contribution is -0.139. The van der Waals surface area contributed by atoms with E-state index in [1.54, 1.807) is 13.8 Å². The van der Waals surface area contributed by atoms with Crippen molar-refractivity contribution in [1.82, 2.24) is 4.98 Å². The Labute approximate surface area is 110 Å². The molecule has 0 aliphatic heterocycles. The molecule has 6 nitrogen and oxygen atoms in total. The quantitative estimate of drug-likeness (QED) is 0.654. The Hall–Kier alpha value is -1.34. The molecule has 0 bridgehead atoms. The highest BCUT2D eigenvalue weighted by atomic mass is 35.5.